The summed E-state index contributed by atoms with van der Waals surface area (Å²) < 4.78 is 32.4. The number of hydrogen-bond acceptors (Lipinski definition) is 5. The van der Waals surface area contributed by atoms with Crippen molar-refractivity contribution >= 4 is 33.2 Å². The molecule has 34 heavy (non-hydrogen) atoms. The number of carbonyl (C=O) groups is 2. The lowest BCUT2D eigenvalue weighted by atomic mass is 10.1. The Morgan fingerprint density at radius 1 is 0.882 bits per heavy atom. The smallest absolute Gasteiger partial charge is 0.255 e. The topological polar surface area (TPSA) is 114 Å². The van der Waals surface area contributed by atoms with Gasteiger partial charge in [-0.25, -0.2) is 13.1 Å². The summed E-state index contributed by atoms with van der Waals surface area (Å²) in [6.45, 7) is 3.79. The van der Waals surface area contributed by atoms with Crippen LogP contribution in [0.2, 0.25) is 0 Å². The number of anilines is 2. The van der Waals surface area contributed by atoms with E-state index in [1.807, 2.05) is 13.0 Å². The van der Waals surface area contributed by atoms with Crippen LogP contribution in [0.15, 0.2) is 77.7 Å². The third-order valence-corrected chi connectivity index (χ3v) is 6.58. The van der Waals surface area contributed by atoms with Crippen LogP contribution in [0, 0.1) is 6.92 Å². The van der Waals surface area contributed by atoms with Crippen LogP contribution in [0.1, 0.15) is 33.2 Å². The van der Waals surface area contributed by atoms with Gasteiger partial charge in [-0.05, 0) is 67.9 Å². The Morgan fingerprint density at radius 2 is 1.53 bits per heavy atom. The van der Waals surface area contributed by atoms with Crippen molar-refractivity contribution in [2.24, 2.45) is 0 Å². The molecular weight excluding hydrogens is 454 g/mol. The number of rotatable bonds is 9. The summed E-state index contributed by atoms with van der Waals surface area (Å²) in [7, 11) is -2.21. The van der Waals surface area contributed by atoms with Gasteiger partial charge in [0.25, 0.3) is 11.8 Å². The van der Waals surface area contributed by atoms with Gasteiger partial charge in [-0.2, -0.15) is 0 Å². The van der Waals surface area contributed by atoms with E-state index in [0.717, 1.165) is 5.56 Å². The van der Waals surface area contributed by atoms with Crippen molar-refractivity contribution < 1.29 is 22.7 Å². The van der Waals surface area contributed by atoms with Crippen molar-refractivity contribution in [3.63, 3.8) is 0 Å². The van der Waals surface area contributed by atoms with Gasteiger partial charge in [-0.3, -0.25) is 9.59 Å². The molecule has 3 aromatic carbocycles. The third-order valence-electron chi connectivity index (χ3n) is 4.98. The van der Waals surface area contributed by atoms with Crippen LogP contribution in [0.5, 0.6) is 0 Å². The second-order valence-electron chi connectivity index (χ2n) is 7.81. The summed E-state index contributed by atoms with van der Waals surface area (Å²) in [6.07, 6.45) is 0. The number of amides is 2. The number of methoxy groups -OCH3 is 1. The first kappa shape index (κ1) is 25.1. The molecular formula is C25H27N3O5S. The van der Waals surface area contributed by atoms with Gasteiger partial charge in [0.15, 0.2) is 0 Å². The van der Waals surface area contributed by atoms with Crippen molar-refractivity contribution in [3.05, 3.63) is 89.5 Å². The Bertz CT molecular complexity index is 1260. The highest BCUT2D eigenvalue weighted by atomic mass is 32.2. The van der Waals surface area contributed by atoms with Crippen LogP contribution >= 0.6 is 0 Å². The molecule has 3 N–H and O–H groups in total. The van der Waals surface area contributed by atoms with Crippen molar-refractivity contribution in [1.82, 2.24) is 4.72 Å². The second-order valence-corrected chi connectivity index (χ2v) is 9.52. The maximum Gasteiger partial charge on any atom is 0.255 e. The largest absolute Gasteiger partial charge is 0.383 e. The van der Waals surface area contributed by atoms with E-state index in [-0.39, 0.29) is 23.5 Å². The monoisotopic (exact) mass is 481 g/mol. The van der Waals surface area contributed by atoms with E-state index in [0.29, 0.717) is 22.5 Å². The predicted molar refractivity (Wildman–Crippen MR) is 132 cm³/mol. The molecule has 1 atom stereocenters. The first-order valence-corrected chi connectivity index (χ1v) is 12.1. The van der Waals surface area contributed by atoms with E-state index in [1.54, 1.807) is 49.4 Å². The van der Waals surface area contributed by atoms with E-state index in [9.17, 15) is 18.0 Å². The number of sulfonamides is 1. The molecule has 0 saturated carbocycles. The minimum Gasteiger partial charge on any atom is -0.383 e. The van der Waals surface area contributed by atoms with Gasteiger partial charge < -0.3 is 15.4 Å². The Morgan fingerprint density at radius 3 is 2.18 bits per heavy atom. The molecule has 0 saturated heterocycles. The van der Waals surface area contributed by atoms with Crippen LogP contribution in [0.4, 0.5) is 11.4 Å². The fraction of sp³-hybridized carbons (Fsp3) is 0.200. The summed E-state index contributed by atoms with van der Waals surface area (Å²) in [5.74, 6) is -0.663. The molecule has 3 rings (SSSR count). The summed E-state index contributed by atoms with van der Waals surface area (Å²) in [4.78, 5) is 25.3. The average Bonchev–Trinajstić information content (AvgIpc) is 2.81. The Balaban J connectivity index is 1.70. The van der Waals surface area contributed by atoms with Gasteiger partial charge >= 0.3 is 0 Å². The predicted octanol–water partition coefficient (Wildman–Crippen LogP) is 3.81. The zero-order chi connectivity index (χ0) is 24.7. The molecule has 0 aliphatic rings. The molecule has 0 bridgehead atoms. The molecule has 0 radical (unpaired) electrons. The molecule has 0 aromatic heterocycles. The highest BCUT2D eigenvalue weighted by Gasteiger charge is 2.18. The molecule has 0 fully saturated rings. The van der Waals surface area contributed by atoms with Crippen molar-refractivity contribution in [1.29, 1.82) is 0 Å². The zero-order valence-corrected chi connectivity index (χ0v) is 20.0. The lowest BCUT2D eigenvalue weighted by Crippen LogP contribution is -2.35. The van der Waals surface area contributed by atoms with Crippen LogP contribution in [-0.2, 0) is 14.8 Å². The fourth-order valence-corrected chi connectivity index (χ4v) is 4.45. The first-order valence-electron chi connectivity index (χ1n) is 10.6. The molecule has 0 aliphatic heterocycles. The highest BCUT2D eigenvalue weighted by Crippen LogP contribution is 2.20. The van der Waals surface area contributed by atoms with E-state index in [4.69, 9.17) is 4.74 Å². The number of aryl methyl sites for hydroxylation is 1. The maximum atomic E-state index is 12.8. The number of hydrogen-bond donors (Lipinski definition) is 3. The molecule has 1 unspecified atom stereocenters. The van der Waals surface area contributed by atoms with Crippen LogP contribution < -0.4 is 15.4 Å². The van der Waals surface area contributed by atoms with Crippen LogP contribution in [0.3, 0.4) is 0 Å². The van der Waals surface area contributed by atoms with Crippen molar-refractivity contribution in [2.45, 2.75) is 24.8 Å². The van der Waals surface area contributed by atoms with Crippen LogP contribution in [0.25, 0.3) is 0 Å². The molecule has 3 aromatic rings. The fourth-order valence-electron chi connectivity index (χ4n) is 3.22. The SMILES string of the molecule is COCC(C)NS(=O)(=O)c1ccc(NC(=O)c2ccc(C)c(NC(=O)c3ccccc3)c2)cc1. The standard InChI is InChI=1S/C25H27N3O5S/c1-17-9-10-20(15-23(17)27-24(29)19-7-5-4-6-8-19)25(30)26-21-11-13-22(14-12-21)34(31,32)28-18(2)16-33-3/h4-15,18,28H,16H2,1-3H3,(H,26,30)(H,27,29). The summed E-state index contributed by atoms with van der Waals surface area (Å²) in [6, 6.07) is 19.3. The number of ether oxygens (including phenoxy) is 1. The molecule has 8 nitrogen and oxygen atoms in total. The van der Waals surface area contributed by atoms with E-state index < -0.39 is 15.9 Å². The molecule has 2 amide bonds. The lowest BCUT2D eigenvalue weighted by molar-refractivity contribution is 0.101. The Labute approximate surface area is 199 Å². The molecule has 0 heterocycles. The van der Waals surface area contributed by atoms with Gasteiger partial charge in [0.2, 0.25) is 10.0 Å². The quantitative estimate of drug-likeness (QED) is 0.430. The molecule has 0 spiro atoms. The number of carbonyl (C=O) groups excluding carboxylic acids is 2. The average molecular weight is 482 g/mol. The minimum absolute atomic E-state index is 0.0784. The van der Waals surface area contributed by atoms with E-state index in [1.165, 1.54) is 31.4 Å². The Kier molecular flexibility index (Phi) is 8.17. The number of nitrogens with one attached hydrogen (secondary N) is 3. The third kappa shape index (κ3) is 6.50. The van der Waals surface area contributed by atoms with Gasteiger partial charge in [0.1, 0.15) is 0 Å². The summed E-state index contributed by atoms with van der Waals surface area (Å²) in [5.41, 5.74) is 2.63. The highest BCUT2D eigenvalue weighted by molar-refractivity contribution is 7.89. The molecule has 9 heteroatoms. The van der Waals surface area contributed by atoms with Gasteiger partial charge in [-0.1, -0.05) is 24.3 Å². The van der Waals surface area contributed by atoms with Crippen molar-refractivity contribution in [3.8, 4) is 0 Å². The van der Waals surface area contributed by atoms with Crippen molar-refractivity contribution in [2.75, 3.05) is 24.4 Å². The zero-order valence-electron chi connectivity index (χ0n) is 19.2. The molecule has 178 valence electrons. The first-order chi connectivity index (χ1) is 16.2. The minimum atomic E-state index is -3.71. The van der Waals surface area contributed by atoms with E-state index in [2.05, 4.69) is 15.4 Å². The van der Waals surface area contributed by atoms with Gasteiger partial charge in [0, 0.05) is 35.7 Å². The summed E-state index contributed by atoms with van der Waals surface area (Å²) in [5, 5.41) is 5.58. The van der Waals surface area contributed by atoms with Crippen LogP contribution in [-0.4, -0.2) is 40.0 Å². The van der Waals surface area contributed by atoms with Gasteiger partial charge in [0.05, 0.1) is 11.5 Å². The maximum absolute atomic E-state index is 12.8. The normalized spacial score (nSPS) is 12.1. The van der Waals surface area contributed by atoms with Gasteiger partial charge in [-0.15, -0.1) is 0 Å². The number of benzene rings is 3. The second kappa shape index (κ2) is 11.1. The molecule has 0 aliphatic carbocycles. The van der Waals surface area contributed by atoms with E-state index >= 15 is 0 Å². The Hall–Kier alpha value is -3.53. The summed E-state index contributed by atoms with van der Waals surface area (Å²) >= 11 is 0. The lowest BCUT2D eigenvalue weighted by Gasteiger charge is -2.14.